The van der Waals surface area contributed by atoms with Gasteiger partial charge in [-0.05, 0) is 31.0 Å². The summed E-state index contributed by atoms with van der Waals surface area (Å²) in [4.78, 5) is 22.8. The van der Waals surface area contributed by atoms with Crippen LogP contribution in [-0.2, 0) is 4.79 Å². The third-order valence-electron chi connectivity index (χ3n) is 3.68. The van der Waals surface area contributed by atoms with Crippen LogP contribution in [0.1, 0.15) is 12.8 Å². The predicted octanol–water partition coefficient (Wildman–Crippen LogP) is 2.09. The first-order valence-corrected chi connectivity index (χ1v) is 7.27. The van der Waals surface area contributed by atoms with Crippen LogP contribution in [0.4, 0.5) is 11.6 Å². The standard InChI is InChI=1S/C16H18N4O2/c1-22-14-8-3-2-7-13(14)20-11-4-6-12(15(20)21)19-16-17-9-5-10-18-16/h2-3,5,7-10,12H,4,6,11H2,1H3,(H,17,18,19)/t12-/m1/s1. The third kappa shape index (κ3) is 2.86. The van der Waals surface area contributed by atoms with E-state index in [2.05, 4.69) is 15.3 Å². The maximum absolute atomic E-state index is 12.8. The van der Waals surface area contributed by atoms with E-state index in [4.69, 9.17) is 4.74 Å². The van der Waals surface area contributed by atoms with Crippen molar-refractivity contribution in [3.8, 4) is 5.75 Å². The minimum absolute atomic E-state index is 0.0169. The number of hydrogen-bond acceptors (Lipinski definition) is 5. The molecule has 6 heteroatoms. The Bertz CT molecular complexity index is 648. The molecule has 1 aromatic heterocycles. The Morgan fingerprint density at radius 3 is 2.77 bits per heavy atom. The van der Waals surface area contributed by atoms with Gasteiger partial charge in [0.2, 0.25) is 11.9 Å². The number of piperidine rings is 1. The molecule has 0 radical (unpaired) electrons. The minimum Gasteiger partial charge on any atom is -0.495 e. The van der Waals surface area contributed by atoms with E-state index in [0.29, 0.717) is 18.2 Å². The number of anilines is 2. The quantitative estimate of drug-likeness (QED) is 0.936. The highest BCUT2D eigenvalue weighted by Gasteiger charge is 2.31. The van der Waals surface area contributed by atoms with Crippen LogP contribution < -0.4 is 15.0 Å². The number of nitrogens with zero attached hydrogens (tertiary/aromatic N) is 3. The zero-order chi connectivity index (χ0) is 15.4. The summed E-state index contributed by atoms with van der Waals surface area (Å²) in [5, 5.41) is 3.11. The van der Waals surface area contributed by atoms with Crippen molar-refractivity contribution in [3.63, 3.8) is 0 Å². The maximum Gasteiger partial charge on any atom is 0.249 e. The Morgan fingerprint density at radius 2 is 2.00 bits per heavy atom. The second-order valence-electron chi connectivity index (χ2n) is 5.07. The summed E-state index contributed by atoms with van der Waals surface area (Å²) in [6, 6.07) is 8.99. The molecule has 1 atom stereocenters. The second-order valence-corrected chi connectivity index (χ2v) is 5.07. The van der Waals surface area contributed by atoms with E-state index in [1.165, 1.54) is 0 Å². The fraction of sp³-hybridized carbons (Fsp3) is 0.312. The van der Waals surface area contributed by atoms with Crippen molar-refractivity contribution in [2.24, 2.45) is 0 Å². The number of benzene rings is 1. The molecule has 2 heterocycles. The molecular formula is C16H18N4O2. The number of carbonyl (C=O) groups is 1. The zero-order valence-corrected chi connectivity index (χ0v) is 12.4. The number of nitrogens with one attached hydrogen (secondary N) is 1. The van der Waals surface area contributed by atoms with Gasteiger partial charge in [0.25, 0.3) is 0 Å². The van der Waals surface area contributed by atoms with E-state index in [1.54, 1.807) is 30.5 Å². The van der Waals surface area contributed by atoms with Gasteiger partial charge in [0.1, 0.15) is 11.8 Å². The van der Waals surface area contributed by atoms with Gasteiger partial charge in [0.05, 0.1) is 12.8 Å². The van der Waals surface area contributed by atoms with E-state index in [-0.39, 0.29) is 11.9 Å². The number of ether oxygens (including phenoxy) is 1. The van der Waals surface area contributed by atoms with Gasteiger partial charge in [-0.25, -0.2) is 9.97 Å². The molecule has 1 saturated heterocycles. The van der Waals surface area contributed by atoms with Crippen molar-refractivity contribution < 1.29 is 9.53 Å². The highest BCUT2D eigenvalue weighted by Crippen LogP contribution is 2.30. The molecule has 0 bridgehead atoms. The van der Waals surface area contributed by atoms with Gasteiger partial charge in [-0.2, -0.15) is 0 Å². The number of para-hydroxylation sites is 2. The van der Waals surface area contributed by atoms with Crippen LogP contribution in [-0.4, -0.2) is 35.6 Å². The summed E-state index contributed by atoms with van der Waals surface area (Å²) in [6.45, 7) is 0.688. The van der Waals surface area contributed by atoms with Crippen molar-refractivity contribution in [2.45, 2.75) is 18.9 Å². The molecule has 1 amide bonds. The fourth-order valence-electron chi connectivity index (χ4n) is 2.63. The Labute approximate surface area is 129 Å². The average molecular weight is 298 g/mol. The number of aromatic nitrogens is 2. The van der Waals surface area contributed by atoms with E-state index in [9.17, 15) is 4.79 Å². The van der Waals surface area contributed by atoms with Crippen LogP contribution in [0.15, 0.2) is 42.7 Å². The smallest absolute Gasteiger partial charge is 0.249 e. The molecule has 6 nitrogen and oxygen atoms in total. The lowest BCUT2D eigenvalue weighted by Crippen LogP contribution is -2.48. The monoisotopic (exact) mass is 298 g/mol. The first-order chi connectivity index (χ1) is 10.8. The van der Waals surface area contributed by atoms with Crippen LogP contribution in [0.5, 0.6) is 5.75 Å². The molecule has 1 aliphatic heterocycles. The number of rotatable bonds is 4. The van der Waals surface area contributed by atoms with E-state index < -0.39 is 0 Å². The molecule has 1 aliphatic rings. The van der Waals surface area contributed by atoms with Gasteiger partial charge >= 0.3 is 0 Å². The molecule has 3 rings (SSSR count). The summed E-state index contributed by atoms with van der Waals surface area (Å²) < 4.78 is 5.36. The number of carbonyl (C=O) groups excluding carboxylic acids is 1. The van der Waals surface area contributed by atoms with Crippen molar-refractivity contribution in [3.05, 3.63) is 42.7 Å². The molecule has 2 aromatic rings. The van der Waals surface area contributed by atoms with Crippen LogP contribution in [0, 0.1) is 0 Å². The summed E-state index contributed by atoms with van der Waals surface area (Å²) in [5.74, 6) is 1.19. The largest absolute Gasteiger partial charge is 0.495 e. The van der Waals surface area contributed by atoms with Gasteiger partial charge in [0.15, 0.2) is 0 Å². The molecule has 0 spiro atoms. The van der Waals surface area contributed by atoms with Crippen molar-refractivity contribution in [1.82, 2.24) is 9.97 Å². The Hall–Kier alpha value is -2.63. The number of amides is 1. The molecule has 0 unspecified atom stereocenters. The van der Waals surface area contributed by atoms with Gasteiger partial charge in [-0.15, -0.1) is 0 Å². The second kappa shape index (κ2) is 6.43. The highest BCUT2D eigenvalue weighted by atomic mass is 16.5. The van der Waals surface area contributed by atoms with E-state index in [1.807, 2.05) is 24.3 Å². The summed E-state index contributed by atoms with van der Waals surface area (Å²) in [7, 11) is 1.61. The Balaban J connectivity index is 1.81. The lowest BCUT2D eigenvalue weighted by Gasteiger charge is -2.33. The SMILES string of the molecule is COc1ccccc1N1CCC[C@@H](Nc2ncccn2)C1=O. The van der Waals surface area contributed by atoms with Crippen LogP contribution in [0.2, 0.25) is 0 Å². The molecule has 0 aliphatic carbocycles. The maximum atomic E-state index is 12.8. The lowest BCUT2D eigenvalue weighted by atomic mass is 10.0. The minimum atomic E-state index is -0.318. The van der Waals surface area contributed by atoms with Crippen LogP contribution in [0.3, 0.4) is 0 Å². The predicted molar refractivity (Wildman–Crippen MR) is 84.0 cm³/mol. The fourth-order valence-corrected chi connectivity index (χ4v) is 2.63. The summed E-state index contributed by atoms with van der Waals surface area (Å²) >= 11 is 0. The lowest BCUT2D eigenvalue weighted by molar-refractivity contribution is -0.120. The Morgan fingerprint density at radius 1 is 1.23 bits per heavy atom. The molecule has 1 aromatic carbocycles. The summed E-state index contributed by atoms with van der Waals surface area (Å²) in [5.41, 5.74) is 0.801. The zero-order valence-electron chi connectivity index (χ0n) is 12.4. The molecule has 1 N–H and O–H groups in total. The van der Waals surface area contributed by atoms with E-state index >= 15 is 0 Å². The van der Waals surface area contributed by atoms with Gasteiger partial charge < -0.3 is 15.0 Å². The van der Waals surface area contributed by atoms with Crippen LogP contribution in [0.25, 0.3) is 0 Å². The third-order valence-corrected chi connectivity index (χ3v) is 3.68. The molecule has 114 valence electrons. The van der Waals surface area contributed by atoms with Gasteiger partial charge in [-0.3, -0.25) is 4.79 Å². The highest BCUT2D eigenvalue weighted by molar-refractivity contribution is 6.00. The van der Waals surface area contributed by atoms with Crippen molar-refractivity contribution >= 4 is 17.5 Å². The van der Waals surface area contributed by atoms with E-state index in [0.717, 1.165) is 18.5 Å². The van der Waals surface area contributed by atoms with Gasteiger partial charge in [0, 0.05) is 18.9 Å². The number of methoxy groups -OCH3 is 1. The van der Waals surface area contributed by atoms with Gasteiger partial charge in [-0.1, -0.05) is 12.1 Å². The van der Waals surface area contributed by atoms with Crippen molar-refractivity contribution in [1.29, 1.82) is 0 Å². The molecule has 1 fully saturated rings. The molecular weight excluding hydrogens is 280 g/mol. The number of hydrogen-bond donors (Lipinski definition) is 1. The topological polar surface area (TPSA) is 67.3 Å². The molecule has 22 heavy (non-hydrogen) atoms. The normalized spacial score (nSPS) is 18.1. The molecule has 0 saturated carbocycles. The average Bonchev–Trinajstić information content (AvgIpc) is 2.58. The first kappa shape index (κ1) is 14.3. The first-order valence-electron chi connectivity index (χ1n) is 7.27. The van der Waals surface area contributed by atoms with Crippen LogP contribution >= 0.6 is 0 Å². The summed E-state index contributed by atoms with van der Waals surface area (Å²) in [6.07, 6.45) is 4.98. The Kier molecular flexibility index (Phi) is 4.18. The van der Waals surface area contributed by atoms with Crippen molar-refractivity contribution in [2.75, 3.05) is 23.9 Å².